The molecule has 0 bridgehead atoms. The minimum Gasteiger partial charge on any atom is -0.494 e. The van der Waals surface area contributed by atoms with E-state index in [1.165, 1.54) is 0 Å². The molecule has 0 spiro atoms. The van der Waals surface area contributed by atoms with E-state index in [2.05, 4.69) is 10.3 Å². The first-order valence-electron chi connectivity index (χ1n) is 10.4. The van der Waals surface area contributed by atoms with Gasteiger partial charge in [0.15, 0.2) is 0 Å². The Labute approximate surface area is 183 Å². The monoisotopic (exact) mass is 420 g/mol. The minimum atomic E-state index is -0.210. The molecule has 6 nitrogen and oxygen atoms in total. The Kier molecular flexibility index (Phi) is 7.62. The van der Waals surface area contributed by atoms with Gasteiger partial charge in [-0.2, -0.15) is 0 Å². The Bertz CT molecular complexity index is 1020. The Morgan fingerprint density at radius 1 is 0.968 bits per heavy atom. The van der Waals surface area contributed by atoms with E-state index in [1.54, 1.807) is 30.3 Å². The van der Waals surface area contributed by atoms with Crippen molar-refractivity contribution in [2.75, 3.05) is 18.5 Å². The maximum atomic E-state index is 12.7. The minimum absolute atomic E-state index is 0.109. The van der Waals surface area contributed by atoms with Gasteiger partial charge in [-0.3, -0.25) is 9.78 Å². The van der Waals surface area contributed by atoms with Gasteiger partial charge in [-0.15, -0.1) is 0 Å². The van der Waals surface area contributed by atoms with Crippen LogP contribution in [0.1, 0.15) is 48.6 Å². The average molecular weight is 421 g/mol. The highest BCUT2D eigenvalue weighted by atomic mass is 16.5. The third-order valence-electron chi connectivity index (χ3n) is 4.65. The van der Waals surface area contributed by atoms with Gasteiger partial charge in [-0.05, 0) is 76.2 Å². The smallest absolute Gasteiger partial charge is 0.257 e. The van der Waals surface area contributed by atoms with Gasteiger partial charge < -0.3 is 19.5 Å². The van der Waals surface area contributed by atoms with Crippen LogP contribution < -0.4 is 14.8 Å². The average Bonchev–Trinajstić information content (AvgIpc) is 2.75. The number of nitrogens with one attached hydrogen (secondary N) is 1. The molecule has 0 saturated heterocycles. The first-order valence-corrected chi connectivity index (χ1v) is 10.4. The molecule has 0 aliphatic heterocycles. The lowest BCUT2D eigenvalue weighted by atomic mass is 10.1. The summed E-state index contributed by atoms with van der Waals surface area (Å²) in [5.41, 5.74) is 2.67. The molecule has 3 rings (SSSR count). The van der Waals surface area contributed by atoms with E-state index >= 15 is 0 Å². The fraction of sp³-hybridized carbons (Fsp3) is 0.280. The highest BCUT2D eigenvalue weighted by molar-refractivity contribution is 6.05. The molecule has 162 valence electrons. The van der Waals surface area contributed by atoms with Gasteiger partial charge in [0.05, 0.1) is 29.7 Å². The molecule has 3 aromatic rings. The number of amides is 1. The first kappa shape index (κ1) is 22.3. The number of carbonyl (C=O) groups is 1. The second-order valence-corrected chi connectivity index (χ2v) is 6.96. The van der Waals surface area contributed by atoms with E-state index in [1.807, 2.05) is 58.0 Å². The standard InChI is InChI=1S/C25H28N2O4/c1-5-29-18(4)24-15-14-23(17(3)26-24)25(28)27-19-10-12-20(13-11-19)31-22-9-7-8-21(16-22)30-6-2/h7-16,18H,5-6H2,1-4H3,(H,27,28). The number of hydrogen-bond acceptors (Lipinski definition) is 5. The summed E-state index contributed by atoms with van der Waals surface area (Å²) >= 11 is 0. The normalized spacial score (nSPS) is 11.6. The summed E-state index contributed by atoms with van der Waals surface area (Å²) in [6.45, 7) is 8.86. The topological polar surface area (TPSA) is 69.7 Å². The number of aromatic nitrogens is 1. The molecule has 0 radical (unpaired) electrons. The Morgan fingerprint density at radius 3 is 2.39 bits per heavy atom. The number of pyridine rings is 1. The molecule has 1 unspecified atom stereocenters. The van der Waals surface area contributed by atoms with E-state index < -0.39 is 0 Å². The van der Waals surface area contributed by atoms with Crippen LogP contribution in [0.3, 0.4) is 0 Å². The second kappa shape index (κ2) is 10.6. The molecule has 1 atom stereocenters. The molecular formula is C25H28N2O4. The highest BCUT2D eigenvalue weighted by Crippen LogP contribution is 2.26. The van der Waals surface area contributed by atoms with Gasteiger partial charge in [-0.1, -0.05) is 6.07 Å². The Balaban J connectivity index is 1.64. The summed E-state index contributed by atoms with van der Waals surface area (Å²) in [5, 5.41) is 2.90. The lowest BCUT2D eigenvalue weighted by molar-refractivity contribution is 0.0732. The molecular weight excluding hydrogens is 392 g/mol. The number of anilines is 1. The number of carbonyl (C=O) groups excluding carboxylic acids is 1. The molecule has 0 saturated carbocycles. The van der Waals surface area contributed by atoms with Crippen molar-refractivity contribution in [2.24, 2.45) is 0 Å². The zero-order chi connectivity index (χ0) is 22.2. The van der Waals surface area contributed by atoms with Gasteiger partial charge in [0, 0.05) is 18.4 Å². The van der Waals surface area contributed by atoms with Crippen LogP contribution in [0.25, 0.3) is 0 Å². The lowest BCUT2D eigenvalue weighted by Gasteiger charge is -2.14. The van der Waals surface area contributed by atoms with Crippen LogP contribution in [-0.2, 0) is 4.74 Å². The molecule has 0 aliphatic rings. The molecule has 1 heterocycles. The summed E-state index contributed by atoms with van der Waals surface area (Å²) in [6, 6.07) is 18.3. The van der Waals surface area contributed by atoms with Crippen LogP contribution in [-0.4, -0.2) is 24.1 Å². The lowest BCUT2D eigenvalue weighted by Crippen LogP contribution is -2.15. The first-order chi connectivity index (χ1) is 15.0. The molecule has 6 heteroatoms. The third kappa shape index (κ3) is 6.06. The second-order valence-electron chi connectivity index (χ2n) is 6.96. The molecule has 1 amide bonds. The number of nitrogens with zero attached hydrogens (tertiary/aromatic N) is 1. The summed E-state index contributed by atoms with van der Waals surface area (Å²) in [7, 11) is 0. The molecule has 1 N–H and O–H groups in total. The van der Waals surface area contributed by atoms with Crippen molar-refractivity contribution in [3.05, 3.63) is 77.6 Å². The number of rotatable bonds is 9. The Hall–Kier alpha value is -3.38. The maximum Gasteiger partial charge on any atom is 0.257 e. The predicted molar refractivity (Wildman–Crippen MR) is 121 cm³/mol. The van der Waals surface area contributed by atoms with Crippen molar-refractivity contribution in [3.8, 4) is 17.2 Å². The van der Waals surface area contributed by atoms with E-state index in [9.17, 15) is 4.79 Å². The third-order valence-corrected chi connectivity index (χ3v) is 4.65. The van der Waals surface area contributed by atoms with E-state index in [0.717, 1.165) is 11.4 Å². The fourth-order valence-electron chi connectivity index (χ4n) is 3.12. The number of ether oxygens (including phenoxy) is 3. The van der Waals surface area contributed by atoms with Crippen molar-refractivity contribution < 1.29 is 19.0 Å². The number of benzene rings is 2. The van der Waals surface area contributed by atoms with Crippen LogP contribution in [0.15, 0.2) is 60.7 Å². The molecule has 2 aromatic carbocycles. The zero-order valence-electron chi connectivity index (χ0n) is 18.3. The van der Waals surface area contributed by atoms with Gasteiger partial charge in [0.1, 0.15) is 17.2 Å². The summed E-state index contributed by atoms with van der Waals surface area (Å²) in [6.07, 6.45) is -0.109. The highest BCUT2D eigenvalue weighted by Gasteiger charge is 2.14. The van der Waals surface area contributed by atoms with Crippen LogP contribution in [0, 0.1) is 6.92 Å². The van der Waals surface area contributed by atoms with E-state index in [-0.39, 0.29) is 12.0 Å². The van der Waals surface area contributed by atoms with Gasteiger partial charge >= 0.3 is 0 Å². The molecule has 31 heavy (non-hydrogen) atoms. The fourth-order valence-corrected chi connectivity index (χ4v) is 3.12. The van der Waals surface area contributed by atoms with Gasteiger partial charge in [0.25, 0.3) is 5.91 Å². The SMILES string of the molecule is CCOc1cccc(Oc2ccc(NC(=O)c3ccc(C(C)OCC)nc3C)cc2)c1. The van der Waals surface area contributed by atoms with Crippen LogP contribution in [0.4, 0.5) is 5.69 Å². The molecule has 0 aliphatic carbocycles. The zero-order valence-corrected chi connectivity index (χ0v) is 18.3. The van der Waals surface area contributed by atoms with Crippen molar-refractivity contribution in [1.29, 1.82) is 0 Å². The van der Waals surface area contributed by atoms with Crippen LogP contribution in [0.2, 0.25) is 0 Å². The number of hydrogen-bond donors (Lipinski definition) is 1. The van der Waals surface area contributed by atoms with Crippen molar-refractivity contribution in [3.63, 3.8) is 0 Å². The van der Waals surface area contributed by atoms with Crippen molar-refractivity contribution in [1.82, 2.24) is 4.98 Å². The van der Waals surface area contributed by atoms with Crippen LogP contribution >= 0.6 is 0 Å². The van der Waals surface area contributed by atoms with E-state index in [4.69, 9.17) is 14.2 Å². The summed E-state index contributed by atoms with van der Waals surface area (Å²) in [4.78, 5) is 17.2. The van der Waals surface area contributed by atoms with E-state index in [0.29, 0.717) is 41.7 Å². The van der Waals surface area contributed by atoms with Gasteiger partial charge in [-0.25, -0.2) is 0 Å². The Morgan fingerprint density at radius 2 is 1.71 bits per heavy atom. The van der Waals surface area contributed by atoms with Crippen LogP contribution in [0.5, 0.6) is 17.2 Å². The summed E-state index contributed by atoms with van der Waals surface area (Å²) < 4.78 is 16.9. The summed E-state index contributed by atoms with van der Waals surface area (Å²) in [5.74, 6) is 1.90. The van der Waals surface area contributed by atoms with Gasteiger partial charge in [0.2, 0.25) is 0 Å². The number of aryl methyl sites for hydroxylation is 1. The molecule has 1 aromatic heterocycles. The quantitative estimate of drug-likeness (QED) is 0.464. The maximum absolute atomic E-state index is 12.7. The molecule has 0 fully saturated rings. The predicted octanol–water partition coefficient (Wildman–Crippen LogP) is 5.93. The van der Waals surface area contributed by atoms with Crippen molar-refractivity contribution in [2.45, 2.75) is 33.8 Å². The van der Waals surface area contributed by atoms with Crippen molar-refractivity contribution >= 4 is 11.6 Å². The largest absolute Gasteiger partial charge is 0.494 e.